The molecule has 2 aromatic rings. The molecule has 0 aromatic carbocycles. The molecule has 8 heteroatoms. The lowest BCUT2D eigenvalue weighted by Crippen LogP contribution is -2.16. The number of pyridine rings is 1. The van der Waals surface area contributed by atoms with Crippen LogP contribution in [0.1, 0.15) is 32.0 Å². The molecule has 1 aliphatic heterocycles. The van der Waals surface area contributed by atoms with E-state index < -0.39 is 9.84 Å². The lowest BCUT2D eigenvalue weighted by Gasteiger charge is -2.10. The topological polar surface area (TPSA) is 98.0 Å². The van der Waals surface area contributed by atoms with E-state index in [1.165, 1.54) is 0 Å². The molecule has 0 aliphatic carbocycles. The summed E-state index contributed by atoms with van der Waals surface area (Å²) < 4.78 is 28.2. The minimum atomic E-state index is -2.85. The summed E-state index contributed by atoms with van der Waals surface area (Å²) >= 11 is 0. The monoisotopic (exact) mass is 336 g/mol. The zero-order chi connectivity index (χ0) is 16.4. The van der Waals surface area contributed by atoms with Crippen molar-refractivity contribution >= 4 is 15.7 Å². The standard InChI is InChI=1S/C15H20N4O3S/c1-10(2)14-18-15(22-19-14)12-3-5-16-13(7-12)17-8-11-4-6-23(20,21)9-11/h3,5,7,10-11H,4,6,8-9H2,1-2H3,(H,16,17)/t11-/m0/s1. The van der Waals surface area contributed by atoms with Crippen LogP contribution in [0.3, 0.4) is 0 Å². The van der Waals surface area contributed by atoms with Gasteiger partial charge in [-0.25, -0.2) is 13.4 Å². The largest absolute Gasteiger partial charge is 0.370 e. The van der Waals surface area contributed by atoms with Gasteiger partial charge in [0.05, 0.1) is 11.5 Å². The SMILES string of the molecule is CC(C)c1noc(-c2ccnc(NC[C@@H]3CCS(=O)(=O)C3)c2)n1. The maximum Gasteiger partial charge on any atom is 0.258 e. The van der Waals surface area contributed by atoms with Gasteiger partial charge < -0.3 is 9.84 Å². The molecule has 0 radical (unpaired) electrons. The predicted molar refractivity (Wildman–Crippen MR) is 86.9 cm³/mol. The van der Waals surface area contributed by atoms with Crippen LogP contribution in [0.2, 0.25) is 0 Å². The highest BCUT2D eigenvalue weighted by Gasteiger charge is 2.27. The summed E-state index contributed by atoms with van der Waals surface area (Å²) in [6, 6.07) is 3.64. The normalized spacial score (nSPS) is 20.0. The highest BCUT2D eigenvalue weighted by atomic mass is 32.2. The van der Waals surface area contributed by atoms with Crippen molar-refractivity contribution in [1.29, 1.82) is 0 Å². The molecule has 3 rings (SSSR count). The molecule has 0 saturated carbocycles. The summed E-state index contributed by atoms with van der Waals surface area (Å²) in [6.07, 6.45) is 2.37. The number of hydrogen-bond acceptors (Lipinski definition) is 7. The molecule has 124 valence electrons. The maximum atomic E-state index is 11.5. The van der Waals surface area contributed by atoms with Crippen LogP contribution in [-0.2, 0) is 9.84 Å². The minimum absolute atomic E-state index is 0.140. The number of sulfone groups is 1. The molecule has 0 amide bonds. The van der Waals surface area contributed by atoms with Gasteiger partial charge in [-0.2, -0.15) is 4.98 Å². The van der Waals surface area contributed by atoms with Crippen molar-refractivity contribution in [3.8, 4) is 11.5 Å². The van der Waals surface area contributed by atoms with Gasteiger partial charge in [0.25, 0.3) is 5.89 Å². The van der Waals surface area contributed by atoms with Gasteiger partial charge >= 0.3 is 0 Å². The molecular weight excluding hydrogens is 316 g/mol. The maximum absolute atomic E-state index is 11.5. The van der Waals surface area contributed by atoms with Crippen LogP contribution in [0.25, 0.3) is 11.5 Å². The Labute approximate surface area is 135 Å². The van der Waals surface area contributed by atoms with E-state index >= 15 is 0 Å². The molecular formula is C15H20N4O3S. The lowest BCUT2D eigenvalue weighted by atomic mass is 10.1. The van der Waals surface area contributed by atoms with Crippen LogP contribution in [0, 0.1) is 5.92 Å². The second-order valence-electron chi connectivity index (χ2n) is 6.19. The fourth-order valence-electron chi connectivity index (χ4n) is 2.53. The first kappa shape index (κ1) is 15.9. The van der Waals surface area contributed by atoms with Crippen molar-refractivity contribution in [1.82, 2.24) is 15.1 Å². The van der Waals surface area contributed by atoms with Gasteiger partial charge in [-0.3, -0.25) is 0 Å². The van der Waals surface area contributed by atoms with Crippen LogP contribution >= 0.6 is 0 Å². The summed E-state index contributed by atoms with van der Waals surface area (Å²) in [6.45, 7) is 4.60. The van der Waals surface area contributed by atoms with Gasteiger partial charge in [0, 0.05) is 24.2 Å². The van der Waals surface area contributed by atoms with Crippen LogP contribution < -0.4 is 5.32 Å². The zero-order valence-electron chi connectivity index (χ0n) is 13.2. The molecule has 0 spiro atoms. The summed E-state index contributed by atoms with van der Waals surface area (Å²) in [4.78, 5) is 8.62. The first-order valence-electron chi connectivity index (χ1n) is 7.67. The zero-order valence-corrected chi connectivity index (χ0v) is 14.0. The fourth-order valence-corrected chi connectivity index (χ4v) is 4.39. The summed E-state index contributed by atoms with van der Waals surface area (Å²) in [5.74, 6) is 2.69. The Morgan fingerprint density at radius 2 is 2.26 bits per heavy atom. The van der Waals surface area contributed by atoms with E-state index in [1.54, 1.807) is 6.20 Å². The average molecular weight is 336 g/mol. The number of aromatic nitrogens is 3. The lowest BCUT2D eigenvalue weighted by molar-refractivity contribution is 0.419. The van der Waals surface area contributed by atoms with Gasteiger partial charge in [0.2, 0.25) is 0 Å². The van der Waals surface area contributed by atoms with E-state index in [-0.39, 0.29) is 23.3 Å². The molecule has 1 saturated heterocycles. The van der Waals surface area contributed by atoms with Crippen molar-refractivity contribution in [2.24, 2.45) is 5.92 Å². The summed E-state index contributed by atoms with van der Waals surface area (Å²) in [5.41, 5.74) is 0.793. The highest BCUT2D eigenvalue weighted by molar-refractivity contribution is 7.91. The molecule has 1 N–H and O–H groups in total. The van der Waals surface area contributed by atoms with Gasteiger partial charge in [-0.1, -0.05) is 19.0 Å². The van der Waals surface area contributed by atoms with Crippen molar-refractivity contribution in [3.63, 3.8) is 0 Å². The minimum Gasteiger partial charge on any atom is -0.370 e. The highest BCUT2D eigenvalue weighted by Crippen LogP contribution is 2.23. The van der Waals surface area contributed by atoms with Gasteiger partial charge in [0.15, 0.2) is 15.7 Å². The van der Waals surface area contributed by atoms with E-state index in [1.807, 2.05) is 26.0 Å². The van der Waals surface area contributed by atoms with Gasteiger partial charge in [0.1, 0.15) is 5.82 Å². The number of hydrogen-bond donors (Lipinski definition) is 1. The van der Waals surface area contributed by atoms with Crippen LogP contribution in [0.4, 0.5) is 5.82 Å². The average Bonchev–Trinajstić information content (AvgIpc) is 3.12. The molecule has 1 atom stereocenters. The molecule has 23 heavy (non-hydrogen) atoms. The first-order valence-corrected chi connectivity index (χ1v) is 9.49. The Bertz CT molecular complexity index is 786. The second kappa shape index (κ2) is 6.27. The fraction of sp³-hybridized carbons (Fsp3) is 0.533. The Hall–Kier alpha value is -1.96. The van der Waals surface area contributed by atoms with E-state index in [4.69, 9.17) is 4.52 Å². The molecule has 0 bridgehead atoms. The quantitative estimate of drug-likeness (QED) is 0.892. The Balaban J connectivity index is 1.67. The van der Waals surface area contributed by atoms with Crippen molar-refractivity contribution in [2.45, 2.75) is 26.2 Å². The molecule has 2 aromatic heterocycles. The third kappa shape index (κ3) is 3.87. The Kier molecular flexibility index (Phi) is 4.34. The molecule has 1 fully saturated rings. The summed E-state index contributed by atoms with van der Waals surface area (Å²) in [5, 5.41) is 7.15. The second-order valence-corrected chi connectivity index (χ2v) is 8.42. The molecule has 3 heterocycles. The van der Waals surface area contributed by atoms with Gasteiger partial charge in [-0.05, 0) is 24.5 Å². The Morgan fingerprint density at radius 1 is 1.43 bits per heavy atom. The van der Waals surface area contributed by atoms with Crippen molar-refractivity contribution in [2.75, 3.05) is 23.4 Å². The van der Waals surface area contributed by atoms with Crippen molar-refractivity contribution < 1.29 is 12.9 Å². The first-order chi connectivity index (χ1) is 10.9. The molecule has 1 aliphatic rings. The molecule has 0 unspecified atom stereocenters. The number of rotatable bonds is 5. The van der Waals surface area contributed by atoms with Crippen LogP contribution in [0.5, 0.6) is 0 Å². The smallest absolute Gasteiger partial charge is 0.258 e. The van der Waals surface area contributed by atoms with Crippen LogP contribution in [0.15, 0.2) is 22.9 Å². The Morgan fingerprint density at radius 3 is 2.91 bits per heavy atom. The van der Waals surface area contributed by atoms with Crippen LogP contribution in [-0.4, -0.2) is 41.6 Å². The third-order valence-corrected chi connectivity index (χ3v) is 5.70. The third-order valence-electron chi connectivity index (χ3n) is 3.86. The summed E-state index contributed by atoms with van der Waals surface area (Å²) in [7, 11) is -2.85. The van der Waals surface area contributed by atoms with E-state index in [0.29, 0.717) is 30.5 Å². The molecule has 7 nitrogen and oxygen atoms in total. The van der Waals surface area contributed by atoms with E-state index in [2.05, 4.69) is 20.4 Å². The van der Waals surface area contributed by atoms with E-state index in [9.17, 15) is 8.42 Å². The number of nitrogens with one attached hydrogen (secondary N) is 1. The number of anilines is 1. The van der Waals surface area contributed by atoms with E-state index in [0.717, 1.165) is 5.56 Å². The number of nitrogens with zero attached hydrogens (tertiary/aromatic N) is 3. The predicted octanol–water partition coefficient (Wildman–Crippen LogP) is 2.10. The van der Waals surface area contributed by atoms with Gasteiger partial charge in [-0.15, -0.1) is 0 Å². The van der Waals surface area contributed by atoms with Crippen molar-refractivity contribution in [3.05, 3.63) is 24.2 Å².